The van der Waals surface area contributed by atoms with Gasteiger partial charge in [0.25, 0.3) is 0 Å². The second-order valence-corrected chi connectivity index (χ2v) is 3.98. The molecule has 0 radical (unpaired) electrons. The van der Waals surface area contributed by atoms with E-state index in [1.807, 2.05) is 14.1 Å². The Kier molecular flexibility index (Phi) is 4.90. The number of carbonyl (C=O) groups excluding carboxylic acids is 1. The van der Waals surface area contributed by atoms with Crippen molar-refractivity contribution in [1.29, 1.82) is 0 Å². The van der Waals surface area contributed by atoms with Crippen LogP contribution in [-0.4, -0.2) is 62.5 Å². The third kappa shape index (κ3) is 4.07. The molecule has 0 atom stereocenters. The monoisotopic (exact) mass is 199 g/mol. The molecule has 0 saturated carbocycles. The second kappa shape index (κ2) is 5.98. The lowest BCUT2D eigenvalue weighted by atomic mass is 10.2. The Hall–Kier alpha value is -0.610. The van der Waals surface area contributed by atoms with Gasteiger partial charge in [-0.25, -0.2) is 0 Å². The summed E-state index contributed by atoms with van der Waals surface area (Å²) in [6.07, 6.45) is 1.66. The number of rotatable bonds is 4. The first kappa shape index (κ1) is 11.5. The average Bonchev–Trinajstić information content (AvgIpc) is 2.19. The summed E-state index contributed by atoms with van der Waals surface area (Å²) in [6, 6.07) is 0. The molecule has 0 spiro atoms. The van der Waals surface area contributed by atoms with Gasteiger partial charge >= 0.3 is 0 Å². The number of nitrogens with zero attached hydrogens (tertiary/aromatic N) is 2. The van der Waals surface area contributed by atoms with Gasteiger partial charge in [-0.1, -0.05) is 0 Å². The molecule has 0 unspecified atom stereocenters. The molecule has 1 rings (SSSR count). The molecule has 4 nitrogen and oxygen atoms in total. The van der Waals surface area contributed by atoms with Crippen molar-refractivity contribution < 1.29 is 4.79 Å². The van der Waals surface area contributed by atoms with E-state index in [0.717, 1.165) is 39.1 Å². The molecule has 0 aromatic carbocycles. The maximum Gasteiger partial charge on any atom is 0.222 e. The summed E-state index contributed by atoms with van der Waals surface area (Å²) in [5.41, 5.74) is 0. The van der Waals surface area contributed by atoms with Crippen LogP contribution in [0.5, 0.6) is 0 Å². The van der Waals surface area contributed by atoms with Gasteiger partial charge in [0, 0.05) is 46.7 Å². The Bertz CT molecular complexity index is 176. The Labute approximate surface area is 86.2 Å². The first-order valence-electron chi connectivity index (χ1n) is 5.33. The van der Waals surface area contributed by atoms with Crippen molar-refractivity contribution in [3.63, 3.8) is 0 Å². The SMILES string of the molecule is CN(C)C(=O)CCCN1CCNCC1. The molecule has 0 bridgehead atoms. The first-order valence-corrected chi connectivity index (χ1v) is 5.33. The molecule has 0 aromatic heterocycles. The molecule has 1 aliphatic heterocycles. The topological polar surface area (TPSA) is 35.6 Å². The summed E-state index contributed by atoms with van der Waals surface area (Å²) in [4.78, 5) is 15.4. The summed E-state index contributed by atoms with van der Waals surface area (Å²) in [5, 5.41) is 3.32. The quantitative estimate of drug-likeness (QED) is 0.679. The third-order valence-electron chi connectivity index (χ3n) is 2.57. The molecular formula is C10H21N3O. The average molecular weight is 199 g/mol. The van der Waals surface area contributed by atoms with E-state index in [-0.39, 0.29) is 5.91 Å². The second-order valence-electron chi connectivity index (χ2n) is 3.98. The van der Waals surface area contributed by atoms with Crippen LogP contribution in [0.3, 0.4) is 0 Å². The lowest BCUT2D eigenvalue weighted by molar-refractivity contribution is -0.128. The highest BCUT2D eigenvalue weighted by atomic mass is 16.2. The van der Waals surface area contributed by atoms with Crippen LogP contribution in [0.2, 0.25) is 0 Å². The molecule has 1 fully saturated rings. The number of piperazine rings is 1. The van der Waals surface area contributed by atoms with Crippen molar-refractivity contribution in [3.8, 4) is 0 Å². The maximum absolute atomic E-state index is 11.3. The van der Waals surface area contributed by atoms with E-state index < -0.39 is 0 Å². The smallest absolute Gasteiger partial charge is 0.222 e. The minimum Gasteiger partial charge on any atom is -0.349 e. The zero-order valence-corrected chi connectivity index (χ0v) is 9.25. The lowest BCUT2D eigenvalue weighted by Gasteiger charge is -2.27. The molecule has 1 saturated heterocycles. The fourth-order valence-corrected chi connectivity index (χ4v) is 1.61. The van der Waals surface area contributed by atoms with Crippen LogP contribution < -0.4 is 5.32 Å². The van der Waals surface area contributed by atoms with Gasteiger partial charge in [-0.05, 0) is 13.0 Å². The summed E-state index contributed by atoms with van der Waals surface area (Å²) in [7, 11) is 3.63. The Balaban J connectivity index is 2.05. The van der Waals surface area contributed by atoms with Crippen LogP contribution >= 0.6 is 0 Å². The van der Waals surface area contributed by atoms with Gasteiger partial charge in [0.05, 0.1) is 0 Å². The van der Waals surface area contributed by atoms with Crippen LogP contribution in [0, 0.1) is 0 Å². The van der Waals surface area contributed by atoms with Gasteiger partial charge in [0.2, 0.25) is 5.91 Å². The van der Waals surface area contributed by atoms with Gasteiger partial charge in [-0.2, -0.15) is 0 Å². The van der Waals surface area contributed by atoms with E-state index >= 15 is 0 Å². The zero-order valence-electron chi connectivity index (χ0n) is 9.25. The Morgan fingerprint density at radius 2 is 2.00 bits per heavy atom. The maximum atomic E-state index is 11.3. The lowest BCUT2D eigenvalue weighted by Crippen LogP contribution is -2.43. The molecule has 14 heavy (non-hydrogen) atoms. The minimum atomic E-state index is 0.236. The van der Waals surface area contributed by atoms with E-state index in [4.69, 9.17) is 0 Å². The summed E-state index contributed by atoms with van der Waals surface area (Å²) >= 11 is 0. The summed E-state index contributed by atoms with van der Waals surface area (Å²) < 4.78 is 0. The third-order valence-corrected chi connectivity index (χ3v) is 2.57. The van der Waals surface area contributed by atoms with Crippen LogP contribution in [0.25, 0.3) is 0 Å². The van der Waals surface area contributed by atoms with Crippen molar-refractivity contribution in [2.45, 2.75) is 12.8 Å². The minimum absolute atomic E-state index is 0.236. The predicted octanol–water partition coefficient (Wildman–Crippen LogP) is -0.240. The first-order chi connectivity index (χ1) is 6.70. The number of nitrogens with one attached hydrogen (secondary N) is 1. The fraction of sp³-hybridized carbons (Fsp3) is 0.900. The number of hydrogen-bond donors (Lipinski definition) is 1. The highest BCUT2D eigenvalue weighted by molar-refractivity contribution is 5.75. The van der Waals surface area contributed by atoms with E-state index in [1.165, 1.54) is 0 Å². The predicted molar refractivity (Wildman–Crippen MR) is 57.2 cm³/mol. The molecule has 4 heteroatoms. The highest BCUT2D eigenvalue weighted by Gasteiger charge is 2.10. The van der Waals surface area contributed by atoms with E-state index in [1.54, 1.807) is 4.90 Å². The fourth-order valence-electron chi connectivity index (χ4n) is 1.61. The van der Waals surface area contributed by atoms with E-state index in [0.29, 0.717) is 6.42 Å². The van der Waals surface area contributed by atoms with E-state index in [9.17, 15) is 4.79 Å². The molecular weight excluding hydrogens is 178 g/mol. The molecule has 1 aliphatic rings. The Morgan fingerprint density at radius 1 is 1.36 bits per heavy atom. The van der Waals surface area contributed by atoms with Gasteiger partial charge in [-0.3, -0.25) is 4.79 Å². The molecule has 0 aliphatic carbocycles. The van der Waals surface area contributed by atoms with Crippen LogP contribution in [-0.2, 0) is 4.79 Å². The Morgan fingerprint density at radius 3 is 2.57 bits per heavy atom. The highest BCUT2D eigenvalue weighted by Crippen LogP contribution is 1.99. The van der Waals surface area contributed by atoms with Crippen molar-refractivity contribution in [3.05, 3.63) is 0 Å². The van der Waals surface area contributed by atoms with Crippen LogP contribution in [0.1, 0.15) is 12.8 Å². The zero-order chi connectivity index (χ0) is 10.4. The number of hydrogen-bond acceptors (Lipinski definition) is 3. The molecule has 1 N–H and O–H groups in total. The summed E-state index contributed by atoms with van der Waals surface area (Å²) in [5.74, 6) is 0.236. The number of amides is 1. The largest absolute Gasteiger partial charge is 0.349 e. The van der Waals surface area contributed by atoms with Gasteiger partial charge in [0.15, 0.2) is 0 Å². The van der Waals surface area contributed by atoms with Crippen molar-refractivity contribution >= 4 is 5.91 Å². The summed E-state index contributed by atoms with van der Waals surface area (Å²) in [6.45, 7) is 5.47. The van der Waals surface area contributed by atoms with Gasteiger partial charge in [0.1, 0.15) is 0 Å². The van der Waals surface area contributed by atoms with Gasteiger partial charge < -0.3 is 15.1 Å². The molecule has 1 amide bonds. The van der Waals surface area contributed by atoms with Crippen molar-refractivity contribution in [2.75, 3.05) is 46.8 Å². The molecule has 82 valence electrons. The normalized spacial score (nSPS) is 18.1. The van der Waals surface area contributed by atoms with Crippen LogP contribution in [0.4, 0.5) is 0 Å². The van der Waals surface area contributed by atoms with Crippen molar-refractivity contribution in [2.24, 2.45) is 0 Å². The standard InChI is InChI=1S/C10H21N3O/c1-12(2)10(14)4-3-7-13-8-5-11-6-9-13/h11H,3-9H2,1-2H3. The number of carbonyl (C=O) groups is 1. The van der Waals surface area contributed by atoms with Crippen LogP contribution in [0.15, 0.2) is 0 Å². The molecule has 0 aromatic rings. The van der Waals surface area contributed by atoms with Crippen molar-refractivity contribution in [1.82, 2.24) is 15.1 Å². The van der Waals surface area contributed by atoms with E-state index in [2.05, 4.69) is 10.2 Å². The molecule has 1 heterocycles. The van der Waals surface area contributed by atoms with Gasteiger partial charge in [-0.15, -0.1) is 0 Å².